The molecule has 100 valence electrons. The summed E-state index contributed by atoms with van der Waals surface area (Å²) in [6.45, 7) is 1.95. The van der Waals surface area contributed by atoms with Crippen molar-refractivity contribution in [2.24, 2.45) is 5.73 Å². The maximum absolute atomic E-state index is 11.9. The maximum atomic E-state index is 11.9. The normalized spacial score (nSPS) is 10.4. The van der Waals surface area contributed by atoms with E-state index in [0.717, 1.165) is 11.3 Å². The molecule has 0 fully saturated rings. The standard InChI is InChI=1S/C12H13N3O3S/c1-2-6-5-7(10(14)16)12(19-6)15-11(17)8-3-4-9(13)18-8/h3-5H,2,13H2,1H3,(H2,14,16)(H,15,17). The summed E-state index contributed by atoms with van der Waals surface area (Å²) in [5.41, 5.74) is 11.0. The van der Waals surface area contributed by atoms with E-state index in [0.29, 0.717) is 10.6 Å². The van der Waals surface area contributed by atoms with Gasteiger partial charge in [0.05, 0.1) is 5.56 Å². The zero-order valence-electron chi connectivity index (χ0n) is 10.2. The Labute approximate surface area is 113 Å². The molecule has 2 rings (SSSR count). The number of carbonyl (C=O) groups is 2. The second kappa shape index (κ2) is 5.15. The molecule has 19 heavy (non-hydrogen) atoms. The molecule has 0 aliphatic carbocycles. The zero-order valence-corrected chi connectivity index (χ0v) is 11.0. The van der Waals surface area contributed by atoms with Crippen molar-refractivity contribution in [3.63, 3.8) is 0 Å². The summed E-state index contributed by atoms with van der Waals surface area (Å²) in [7, 11) is 0. The third-order valence-electron chi connectivity index (χ3n) is 2.47. The first-order valence-corrected chi connectivity index (χ1v) is 6.42. The van der Waals surface area contributed by atoms with Crippen molar-refractivity contribution < 1.29 is 14.0 Å². The molecule has 5 N–H and O–H groups in total. The summed E-state index contributed by atoms with van der Waals surface area (Å²) in [5.74, 6) is -0.811. The number of anilines is 2. The molecule has 0 radical (unpaired) electrons. The molecule has 0 unspecified atom stereocenters. The average molecular weight is 279 g/mol. The van der Waals surface area contributed by atoms with Gasteiger partial charge in [-0.1, -0.05) is 6.92 Å². The first-order valence-electron chi connectivity index (χ1n) is 5.60. The molecule has 0 aliphatic heterocycles. The number of hydrogen-bond donors (Lipinski definition) is 3. The van der Waals surface area contributed by atoms with Gasteiger partial charge in [-0.2, -0.15) is 0 Å². The van der Waals surface area contributed by atoms with Gasteiger partial charge in [0.15, 0.2) is 11.6 Å². The van der Waals surface area contributed by atoms with Gasteiger partial charge in [0.25, 0.3) is 11.8 Å². The molecule has 2 heterocycles. The van der Waals surface area contributed by atoms with Crippen LogP contribution in [-0.2, 0) is 6.42 Å². The van der Waals surface area contributed by atoms with Gasteiger partial charge in [-0.3, -0.25) is 9.59 Å². The number of nitrogens with two attached hydrogens (primary N) is 2. The summed E-state index contributed by atoms with van der Waals surface area (Å²) in [6, 6.07) is 4.62. The van der Waals surface area contributed by atoms with Crippen LogP contribution in [0, 0.1) is 0 Å². The van der Waals surface area contributed by atoms with Crippen molar-refractivity contribution in [2.45, 2.75) is 13.3 Å². The van der Waals surface area contributed by atoms with E-state index in [9.17, 15) is 9.59 Å². The zero-order chi connectivity index (χ0) is 14.0. The Morgan fingerprint density at radius 2 is 2.16 bits per heavy atom. The van der Waals surface area contributed by atoms with Gasteiger partial charge in [-0.25, -0.2) is 0 Å². The first-order chi connectivity index (χ1) is 9.01. The predicted octanol–water partition coefficient (Wildman–Crippen LogP) is 1.84. The van der Waals surface area contributed by atoms with Gasteiger partial charge >= 0.3 is 0 Å². The van der Waals surface area contributed by atoms with Crippen molar-refractivity contribution in [3.05, 3.63) is 34.4 Å². The molecule has 0 aliphatic rings. The van der Waals surface area contributed by atoms with Crippen LogP contribution in [0.2, 0.25) is 0 Å². The number of nitrogens with one attached hydrogen (secondary N) is 1. The number of furan rings is 1. The Kier molecular flexibility index (Phi) is 3.57. The van der Waals surface area contributed by atoms with E-state index in [1.807, 2.05) is 6.92 Å². The van der Waals surface area contributed by atoms with E-state index in [1.54, 1.807) is 6.07 Å². The first kappa shape index (κ1) is 13.2. The lowest BCUT2D eigenvalue weighted by atomic mass is 10.2. The van der Waals surface area contributed by atoms with Gasteiger partial charge in [0.2, 0.25) is 0 Å². The minimum atomic E-state index is -0.579. The van der Waals surface area contributed by atoms with Crippen LogP contribution in [0.15, 0.2) is 22.6 Å². The lowest BCUT2D eigenvalue weighted by Crippen LogP contribution is -2.16. The molecule has 2 aromatic heterocycles. The molecular weight excluding hydrogens is 266 g/mol. The molecule has 0 spiro atoms. The lowest BCUT2D eigenvalue weighted by molar-refractivity contribution is 0.0998. The number of hydrogen-bond acceptors (Lipinski definition) is 5. The summed E-state index contributed by atoms with van der Waals surface area (Å²) in [5, 5.41) is 3.03. The van der Waals surface area contributed by atoms with E-state index in [2.05, 4.69) is 5.32 Å². The Morgan fingerprint density at radius 3 is 2.68 bits per heavy atom. The van der Waals surface area contributed by atoms with Crippen molar-refractivity contribution >= 4 is 34.0 Å². The van der Waals surface area contributed by atoms with Crippen LogP contribution in [0.3, 0.4) is 0 Å². The SMILES string of the molecule is CCc1cc(C(N)=O)c(NC(=O)c2ccc(N)o2)s1. The molecule has 0 aromatic carbocycles. The number of nitrogen functional groups attached to an aromatic ring is 1. The number of primary amides is 1. The molecule has 0 bridgehead atoms. The Hall–Kier alpha value is -2.28. The van der Waals surface area contributed by atoms with Gasteiger partial charge < -0.3 is 21.2 Å². The van der Waals surface area contributed by atoms with Gasteiger partial charge in [0.1, 0.15) is 5.00 Å². The largest absolute Gasteiger partial charge is 0.436 e. The van der Waals surface area contributed by atoms with Gasteiger partial charge in [-0.05, 0) is 18.6 Å². The Morgan fingerprint density at radius 1 is 1.42 bits per heavy atom. The third kappa shape index (κ3) is 2.76. The minimum Gasteiger partial charge on any atom is -0.436 e. The summed E-state index contributed by atoms with van der Waals surface area (Å²) in [6.07, 6.45) is 0.758. The van der Waals surface area contributed by atoms with E-state index in [4.69, 9.17) is 15.9 Å². The third-order valence-corrected chi connectivity index (χ3v) is 3.67. The van der Waals surface area contributed by atoms with Crippen molar-refractivity contribution in [3.8, 4) is 0 Å². The number of aryl methyl sites for hydroxylation is 1. The quantitative estimate of drug-likeness (QED) is 0.792. The predicted molar refractivity (Wildman–Crippen MR) is 73.3 cm³/mol. The fraction of sp³-hybridized carbons (Fsp3) is 0.167. The molecule has 0 saturated heterocycles. The van der Waals surface area contributed by atoms with Crippen molar-refractivity contribution in [2.75, 3.05) is 11.1 Å². The molecule has 7 heteroatoms. The monoisotopic (exact) mass is 279 g/mol. The van der Waals surface area contributed by atoms with E-state index in [1.165, 1.54) is 23.5 Å². The average Bonchev–Trinajstić information content (AvgIpc) is 2.95. The molecule has 6 nitrogen and oxygen atoms in total. The number of thiophene rings is 1. The second-order valence-corrected chi connectivity index (χ2v) is 4.97. The van der Waals surface area contributed by atoms with Gasteiger partial charge in [-0.15, -0.1) is 11.3 Å². The Balaban J connectivity index is 2.25. The van der Waals surface area contributed by atoms with Crippen LogP contribution in [0.5, 0.6) is 0 Å². The van der Waals surface area contributed by atoms with Crippen molar-refractivity contribution in [1.29, 1.82) is 0 Å². The van der Waals surface area contributed by atoms with Crippen LogP contribution < -0.4 is 16.8 Å². The number of rotatable bonds is 4. The van der Waals surface area contributed by atoms with Crippen LogP contribution in [0.25, 0.3) is 0 Å². The Bertz CT molecular complexity index is 630. The van der Waals surface area contributed by atoms with E-state index in [-0.39, 0.29) is 11.6 Å². The summed E-state index contributed by atoms with van der Waals surface area (Å²) in [4.78, 5) is 24.2. The van der Waals surface area contributed by atoms with Crippen LogP contribution in [0.4, 0.5) is 10.9 Å². The fourth-order valence-electron chi connectivity index (χ4n) is 1.53. The highest BCUT2D eigenvalue weighted by atomic mass is 32.1. The summed E-state index contributed by atoms with van der Waals surface area (Å²) < 4.78 is 5.01. The number of carbonyl (C=O) groups excluding carboxylic acids is 2. The molecule has 2 aromatic rings. The highest BCUT2D eigenvalue weighted by Crippen LogP contribution is 2.28. The van der Waals surface area contributed by atoms with Gasteiger partial charge in [0, 0.05) is 10.9 Å². The molecule has 2 amide bonds. The smallest absolute Gasteiger partial charge is 0.292 e. The maximum Gasteiger partial charge on any atom is 0.292 e. The molecule has 0 saturated carbocycles. The second-order valence-electron chi connectivity index (χ2n) is 3.83. The van der Waals surface area contributed by atoms with Crippen LogP contribution >= 0.6 is 11.3 Å². The van der Waals surface area contributed by atoms with Crippen LogP contribution in [0.1, 0.15) is 32.7 Å². The van der Waals surface area contributed by atoms with Crippen molar-refractivity contribution in [1.82, 2.24) is 0 Å². The molecular formula is C12H13N3O3S. The van der Waals surface area contributed by atoms with E-state index >= 15 is 0 Å². The van der Waals surface area contributed by atoms with Crippen LogP contribution in [-0.4, -0.2) is 11.8 Å². The topological polar surface area (TPSA) is 111 Å². The minimum absolute atomic E-state index is 0.0827. The summed E-state index contributed by atoms with van der Waals surface area (Å²) >= 11 is 1.31. The van der Waals surface area contributed by atoms with E-state index < -0.39 is 11.8 Å². The number of amides is 2. The highest BCUT2D eigenvalue weighted by Gasteiger charge is 2.17. The fourth-order valence-corrected chi connectivity index (χ4v) is 2.53. The highest BCUT2D eigenvalue weighted by molar-refractivity contribution is 7.16. The lowest BCUT2D eigenvalue weighted by Gasteiger charge is -2.01. The molecule has 0 atom stereocenters.